The van der Waals surface area contributed by atoms with Crippen molar-refractivity contribution in [2.24, 2.45) is 0 Å². The molecule has 18 heavy (non-hydrogen) atoms. The van der Waals surface area contributed by atoms with Crippen LogP contribution in [-0.2, 0) is 13.1 Å². The Labute approximate surface area is 106 Å². The summed E-state index contributed by atoms with van der Waals surface area (Å²) in [7, 11) is 0. The number of hydrogen-bond donors (Lipinski definition) is 0. The van der Waals surface area contributed by atoms with E-state index in [2.05, 4.69) is 15.2 Å². The van der Waals surface area contributed by atoms with Crippen molar-refractivity contribution >= 4 is 0 Å². The number of likely N-dealkylation sites (tertiary alicyclic amines) is 1. The summed E-state index contributed by atoms with van der Waals surface area (Å²) >= 11 is 0. The molecule has 0 spiro atoms. The summed E-state index contributed by atoms with van der Waals surface area (Å²) in [6.45, 7) is 4.90. The highest BCUT2D eigenvalue weighted by molar-refractivity contribution is 5.03. The Kier molecular flexibility index (Phi) is 3.15. The summed E-state index contributed by atoms with van der Waals surface area (Å²) in [5.74, 6) is 0.958. The minimum Gasteiger partial charge on any atom is -0.360 e. The maximum atomic E-state index is 5.30. The van der Waals surface area contributed by atoms with E-state index in [1.165, 1.54) is 12.8 Å². The number of aryl methyl sites for hydroxylation is 1. The van der Waals surface area contributed by atoms with Crippen molar-refractivity contribution in [3.63, 3.8) is 0 Å². The van der Waals surface area contributed by atoms with Gasteiger partial charge in [0.2, 0.25) is 0 Å². The molecule has 0 saturated carbocycles. The zero-order valence-electron chi connectivity index (χ0n) is 10.6. The largest absolute Gasteiger partial charge is 0.360 e. The van der Waals surface area contributed by atoms with Gasteiger partial charge in [-0.15, -0.1) is 0 Å². The highest BCUT2D eigenvalue weighted by Crippen LogP contribution is 2.21. The van der Waals surface area contributed by atoms with Crippen molar-refractivity contribution in [1.82, 2.24) is 19.8 Å². The quantitative estimate of drug-likeness (QED) is 0.826. The molecule has 2 aromatic heterocycles. The SMILES string of the molecule is Cc1cc(CN2CCC[C@H]2Cn2cccn2)on1. The Hall–Kier alpha value is -1.62. The summed E-state index contributed by atoms with van der Waals surface area (Å²) in [4.78, 5) is 2.46. The standard InChI is InChI=1S/C13H18N4O/c1-11-8-13(18-15-11)10-16-6-2-4-12(16)9-17-7-3-5-14-17/h3,5,7-8,12H,2,4,6,9-10H2,1H3/t12-/m0/s1. The monoisotopic (exact) mass is 246 g/mol. The van der Waals surface area contributed by atoms with Crippen molar-refractivity contribution in [1.29, 1.82) is 0 Å². The van der Waals surface area contributed by atoms with Gasteiger partial charge < -0.3 is 4.52 Å². The van der Waals surface area contributed by atoms with Crippen molar-refractivity contribution in [3.8, 4) is 0 Å². The molecule has 0 radical (unpaired) electrons. The zero-order chi connectivity index (χ0) is 12.4. The Morgan fingerprint density at radius 3 is 3.17 bits per heavy atom. The molecule has 0 amide bonds. The van der Waals surface area contributed by atoms with Crippen LogP contribution in [0, 0.1) is 6.92 Å². The average molecular weight is 246 g/mol. The van der Waals surface area contributed by atoms with Gasteiger partial charge in [-0.2, -0.15) is 5.10 Å². The minimum atomic E-state index is 0.551. The lowest BCUT2D eigenvalue weighted by Gasteiger charge is -2.22. The molecule has 3 heterocycles. The fraction of sp³-hybridized carbons (Fsp3) is 0.538. The van der Waals surface area contributed by atoms with Crippen LogP contribution in [0.4, 0.5) is 0 Å². The molecule has 0 unspecified atom stereocenters. The molecule has 1 atom stereocenters. The number of hydrogen-bond acceptors (Lipinski definition) is 4. The van der Waals surface area contributed by atoms with Gasteiger partial charge in [0.1, 0.15) is 0 Å². The second kappa shape index (κ2) is 4.94. The first-order chi connectivity index (χ1) is 8.81. The van der Waals surface area contributed by atoms with Crippen LogP contribution in [-0.4, -0.2) is 32.4 Å². The third-order valence-corrected chi connectivity index (χ3v) is 3.49. The molecule has 5 heteroatoms. The van der Waals surface area contributed by atoms with E-state index < -0.39 is 0 Å². The number of nitrogens with zero attached hydrogens (tertiary/aromatic N) is 4. The third-order valence-electron chi connectivity index (χ3n) is 3.49. The lowest BCUT2D eigenvalue weighted by molar-refractivity contribution is 0.195. The van der Waals surface area contributed by atoms with E-state index in [1.807, 2.05) is 36.1 Å². The van der Waals surface area contributed by atoms with Crippen LogP contribution < -0.4 is 0 Å². The minimum absolute atomic E-state index is 0.551. The van der Waals surface area contributed by atoms with Crippen LogP contribution in [0.2, 0.25) is 0 Å². The van der Waals surface area contributed by atoms with E-state index in [-0.39, 0.29) is 0 Å². The van der Waals surface area contributed by atoms with Crippen LogP contribution in [0.5, 0.6) is 0 Å². The van der Waals surface area contributed by atoms with E-state index in [1.54, 1.807) is 0 Å². The molecule has 0 bridgehead atoms. The second-order valence-corrected chi connectivity index (χ2v) is 4.93. The fourth-order valence-corrected chi connectivity index (χ4v) is 2.63. The summed E-state index contributed by atoms with van der Waals surface area (Å²) in [6.07, 6.45) is 6.33. The van der Waals surface area contributed by atoms with Gasteiger partial charge >= 0.3 is 0 Å². The topological polar surface area (TPSA) is 47.1 Å². The van der Waals surface area contributed by atoms with E-state index >= 15 is 0 Å². The summed E-state index contributed by atoms with van der Waals surface area (Å²) < 4.78 is 7.30. The highest BCUT2D eigenvalue weighted by Gasteiger charge is 2.25. The Morgan fingerprint density at radius 2 is 2.44 bits per heavy atom. The summed E-state index contributed by atoms with van der Waals surface area (Å²) in [5.41, 5.74) is 0.952. The van der Waals surface area contributed by atoms with E-state index in [9.17, 15) is 0 Å². The van der Waals surface area contributed by atoms with Crippen LogP contribution in [0.3, 0.4) is 0 Å². The molecular weight excluding hydrogens is 228 g/mol. The maximum absolute atomic E-state index is 5.30. The molecule has 1 aliphatic rings. The summed E-state index contributed by atoms with van der Waals surface area (Å²) in [6, 6.07) is 4.54. The second-order valence-electron chi connectivity index (χ2n) is 4.93. The lowest BCUT2D eigenvalue weighted by atomic mass is 10.2. The van der Waals surface area contributed by atoms with Gasteiger partial charge in [-0.25, -0.2) is 0 Å². The maximum Gasteiger partial charge on any atom is 0.150 e. The van der Waals surface area contributed by atoms with Gasteiger partial charge in [-0.3, -0.25) is 9.58 Å². The first kappa shape index (κ1) is 11.5. The van der Waals surface area contributed by atoms with Gasteiger partial charge in [0.25, 0.3) is 0 Å². The molecule has 1 fully saturated rings. The zero-order valence-corrected chi connectivity index (χ0v) is 10.6. The molecule has 2 aromatic rings. The van der Waals surface area contributed by atoms with Gasteiger partial charge in [-0.05, 0) is 32.4 Å². The molecular formula is C13H18N4O. The Balaban J connectivity index is 1.64. The molecule has 0 aromatic carbocycles. The molecule has 1 aliphatic heterocycles. The van der Waals surface area contributed by atoms with Gasteiger partial charge in [0, 0.05) is 24.5 Å². The van der Waals surface area contributed by atoms with Gasteiger partial charge in [-0.1, -0.05) is 5.16 Å². The van der Waals surface area contributed by atoms with Crippen molar-refractivity contribution in [2.75, 3.05) is 6.54 Å². The smallest absolute Gasteiger partial charge is 0.150 e. The molecule has 0 aliphatic carbocycles. The molecule has 5 nitrogen and oxygen atoms in total. The predicted molar refractivity (Wildman–Crippen MR) is 66.9 cm³/mol. The normalized spacial score (nSPS) is 20.6. The Morgan fingerprint density at radius 1 is 1.50 bits per heavy atom. The van der Waals surface area contributed by atoms with E-state index in [4.69, 9.17) is 4.52 Å². The molecule has 3 rings (SSSR count). The predicted octanol–water partition coefficient (Wildman–Crippen LogP) is 1.84. The van der Waals surface area contributed by atoms with Crippen LogP contribution >= 0.6 is 0 Å². The average Bonchev–Trinajstić information content (AvgIpc) is 3.05. The highest BCUT2D eigenvalue weighted by atomic mass is 16.5. The summed E-state index contributed by atoms with van der Waals surface area (Å²) in [5, 5.41) is 8.22. The van der Waals surface area contributed by atoms with Crippen LogP contribution in [0.1, 0.15) is 24.3 Å². The van der Waals surface area contributed by atoms with Gasteiger partial charge in [0.15, 0.2) is 5.76 Å². The van der Waals surface area contributed by atoms with Crippen molar-refractivity contribution in [2.45, 2.75) is 38.9 Å². The van der Waals surface area contributed by atoms with Crippen molar-refractivity contribution in [3.05, 3.63) is 36.0 Å². The number of rotatable bonds is 4. The van der Waals surface area contributed by atoms with Crippen molar-refractivity contribution < 1.29 is 4.52 Å². The number of aromatic nitrogens is 3. The molecule has 1 saturated heterocycles. The van der Waals surface area contributed by atoms with Crippen LogP contribution in [0.25, 0.3) is 0 Å². The first-order valence-electron chi connectivity index (χ1n) is 6.45. The van der Waals surface area contributed by atoms with Gasteiger partial charge in [0.05, 0.1) is 18.8 Å². The molecule has 96 valence electrons. The third kappa shape index (κ3) is 2.46. The van der Waals surface area contributed by atoms with E-state index in [0.29, 0.717) is 6.04 Å². The first-order valence-corrected chi connectivity index (χ1v) is 6.45. The van der Waals surface area contributed by atoms with Crippen LogP contribution in [0.15, 0.2) is 29.0 Å². The van der Waals surface area contributed by atoms with E-state index in [0.717, 1.165) is 31.1 Å². The Bertz CT molecular complexity index is 491. The molecule has 0 N–H and O–H groups in total. The lowest BCUT2D eigenvalue weighted by Crippen LogP contribution is -2.32. The fourth-order valence-electron chi connectivity index (χ4n) is 2.63.